The van der Waals surface area contributed by atoms with E-state index in [1.165, 1.54) is 0 Å². The lowest BCUT2D eigenvalue weighted by molar-refractivity contribution is 0.102. The van der Waals surface area contributed by atoms with Gasteiger partial charge in [0.1, 0.15) is 0 Å². The molecule has 102 valence electrons. The van der Waals surface area contributed by atoms with Crippen LogP contribution in [0.4, 0.5) is 8.78 Å². The van der Waals surface area contributed by atoms with Crippen LogP contribution in [0.5, 0.6) is 0 Å². The van der Waals surface area contributed by atoms with Crippen molar-refractivity contribution in [2.45, 2.75) is 46.1 Å². The molecule has 0 radical (unpaired) electrons. The van der Waals surface area contributed by atoms with Crippen LogP contribution < -0.4 is 5.32 Å². The van der Waals surface area contributed by atoms with Gasteiger partial charge in [-0.2, -0.15) is 0 Å². The first-order valence-corrected chi connectivity index (χ1v) is 6.75. The van der Waals surface area contributed by atoms with Crippen molar-refractivity contribution in [2.24, 2.45) is 11.8 Å². The van der Waals surface area contributed by atoms with Crippen molar-refractivity contribution >= 4 is 0 Å². The maximum Gasteiger partial charge on any atom is 0.250 e. The van der Waals surface area contributed by atoms with Crippen LogP contribution >= 0.6 is 0 Å². The van der Waals surface area contributed by atoms with Gasteiger partial charge in [-0.05, 0) is 18.3 Å². The molecule has 1 aliphatic heterocycles. The standard InChI is InChI=1S/C13H26F2N2/c1-4-11-5-12(16-6-13(14)15)9-17(8-11)7-10(2)3/h10-13,16H,4-9H2,1-3H3. The molecule has 0 saturated carbocycles. The zero-order valence-electron chi connectivity index (χ0n) is 11.3. The Bertz CT molecular complexity index is 210. The molecule has 1 heterocycles. The van der Waals surface area contributed by atoms with Crippen molar-refractivity contribution in [3.8, 4) is 0 Å². The smallest absolute Gasteiger partial charge is 0.250 e. The number of hydrogen-bond donors (Lipinski definition) is 1. The summed E-state index contributed by atoms with van der Waals surface area (Å²) in [6.45, 7) is 9.55. The number of rotatable bonds is 6. The topological polar surface area (TPSA) is 15.3 Å². The Morgan fingerprint density at radius 2 is 2.00 bits per heavy atom. The molecular formula is C13H26F2N2. The molecule has 0 aliphatic carbocycles. The van der Waals surface area contributed by atoms with Gasteiger partial charge in [0.25, 0.3) is 6.43 Å². The summed E-state index contributed by atoms with van der Waals surface area (Å²) in [7, 11) is 0. The Hall–Kier alpha value is -0.220. The average Bonchev–Trinajstić information content (AvgIpc) is 2.25. The minimum absolute atomic E-state index is 0.170. The quantitative estimate of drug-likeness (QED) is 0.777. The van der Waals surface area contributed by atoms with E-state index in [2.05, 4.69) is 31.0 Å². The normalized spacial score (nSPS) is 27.0. The van der Waals surface area contributed by atoms with Gasteiger partial charge in [-0.3, -0.25) is 0 Å². The highest BCUT2D eigenvalue weighted by Crippen LogP contribution is 2.20. The van der Waals surface area contributed by atoms with Crippen LogP contribution in [0.2, 0.25) is 0 Å². The minimum atomic E-state index is -2.24. The number of hydrogen-bond acceptors (Lipinski definition) is 2. The molecule has 4 heteroatoms. The fourth-order valence-electron chi connectivity index (χ4n) is 2.67. The van der Waals surface area contributed by atoms with Crippen molar-refractivity contribution in [3.05, 3.63) is 0 Å². The van der Waals surface area contributed by atoms with E-state index in [0.717, 1.165) is 32.5 Å². The van der Waals surface area contributed by atoms with Crippen LogP contribution in [0.1, 0.15) is 33.6 Å². The summed E-state index contributed by atoms with van der Waals surface area (Å²) in [4.78, 5) is 2.42. The molecule has 0 amide bonds. The number of piperidine rings is 1. The largest absolute Gasteiger partial charge is 0.307 e. The van der Waals surface area contributed by atoms with E-state index in [4.69, 9.17) is 0 Å². The van der Waals surface area contributed by atoms with Crippen LogP contribution in [0.25, 0.3) is 0 Å². The van der Waals surface area contributed by atoms with Gasteiger partial charge < -0.3 is 10.2 Å². The molecule has 1 rings (SSSR count). The second-order valence-electron chi connectivity index (χ2n) is 5.62. The maximum atomic E-state index is 12.2. The molecule has 2 atom stereocenters. The molecule has 0 spiro atoms. The molecule has 2 nitrogen and oxygen atoms in total. The lowest BCUT2D eigenvalue weighted by atomic mass is 9.91. The van der Waals surface area contributed by atoms with Gasteiger partial charge in [0, 0.05) is 25.7 Å². The third-order valence-corrected chi connectivity index (χ3v) is 3.37. The molecule has 0 bridgehead atoms. The second-order valence-corrected chi connectivity index (χ2v) is 5.62. The molecular weight excluding hydrogens is 222 g/mol. The van der Waals surface area contributed by atoms with Crippen molar-refractivity contribution in [1.29, 1.82) is 0 Å². The predicted octanol–water partition coefficient (Wildman–Crippen LogP) is 2.60. The summed E-state index contributed by atoms with van der Waals surface area (Å²) < 4.78 is 24.4. The summed E-state index contributed by atoms with van der Waals surface area (Å²) in [6, 6.07) is 0.237. The lowest BCUT2D eigenvalue weighted by Crippen LogP contribution is -2.50. The van der Waals surface area contributed by atoms with Crippen molar-refractivity contribution in [2.75, 3.05) is 26.2 Å². The van der Waals surface area contributed by atoms with E-state index in [1.807, 2.05) is 0 Å². The third kappa shape index (κ3) is 5.77. The monoisotopic (exact) mass is 248 g/mol. The maximum absolute atomic E-state index is 12.2. The molecule has 2 unspecified atom stereocenters. The third-order valence-electron chi connectivity index (χ3n) is 3.37. The zero-order valence-corrected chi connectivity index (χ0v) is 11.3. The van der Waals surface area contributed by atoms with Crippen LogP contribution in [0, 0.1) is 11.8 Å². The molecule has 1 aliphatic rings. The fraction of sp³-hybridized carbons (Fsp3) is 1.00. The van der Waals surface area contributed by atoms with E-state index in [0.29, 0.717) is 11.8 Å². The van der Waals surface area contributed by atoms with Crippen molar-refractivity contribution < 1.29 is 8.78 Å². The van der Waals surface area contributed by atoms with E-state index in [9.17, 15) is 8.78 Å². The number of halogens is 2. The van der Waals surface area contributed by atoms with Gasteiger partial charge in [0.2, 0.25) is 0 Å². The molecule has 17 heavy (non-hydrogen) atoms. The second kappa shape index (κ2) is 7.27. The highest BCUT2D eigenvalue weighted by molar-refractivity contribution is 4.83. The molecule has 0 aromatic carbocycles. The van der Waals surface area contributed by atoms with Gasteiger partial charge in [-0.25, -0.2) is 8.78 Å². The van der Waals surface area contributed by atoms with Gasteiger partial charge in [0.15, 0.2) is 0 Å². The Kier molecular flexibility index (Phi) is 6.34. The van der Waals surface area contributed by atoms with Gasteiger partial charge in [-0.1, -0.05) is 27.2 Å². The summed E-state index contributed by atoms with van der Waals surface area (Å²) in [5, 5.41) is 3.00. The van der Waals surface area contributed by atoms with E-state index >= 15 is 0 Å². The Labute approximate surface area is 104 Å². The number of nitrogens with zero attached hydrogens (tertiary/aromatic N) is 1. The Balaban J connectivity index is 2.42. The summed E-state index contributed by atoms with van der Waals surface area (Å²) >= 11 is 0. The fourth-order valence-corrected chi connectivity index (χ4v) is 2.67. The van der Waals surface area contributed by atoms with Crippen LogP contribution in [-0.4, -0.2) is 43.5 Å². The Morgan fingerprint density at radius 3 is 2.53 bits per heavy atom. The SMILES string of the molecule is CCC1CC(NCC(F)F)CN(CC(C)C)C1. The number of likely N-dealkylation sites (tertiary alicyclic amines) is 1. The first-order chi connectivity index (χ1) is 8.01. The number of nitrogens with one attached hydrogen (secondary N) is 1. The minimum Gasteiger partial charge on any atom is -0.307 e. The predicted molar refractivity (Wildman–Crippen MR) is 67.5 cm³/mol. The van der Waals surface area contributed by atoms with Crippen LogP contribution in [-0.2, 0) is 0 Å². The number of alkyl halides is 2. The summed E-state index contributed by atoms with van der Waals surface area (Å²) in [5.74, 6) is 1.29. The Morgan fingerprint density at radius 1 is 1.29 bits per heavy atom. The van der Waals surface area contributed by atoms with Crippen LogP contribution in [0.15, 0.2) is 0 Å². The summed E-state index contributed by atoms with van der Waals surface area (Å²) in [6.07, 6.45) is -0.0604. The lowest BCUT2D eigenvalue weighted by Gasteiger charge is -2.38. The highest BCUT2D eigenvalue weighted by atomic mass is 19.3. The van der Waals surface area contributed by atoms with Gasteiger partial charge >= 0.3 is 0 Å². The van der Waals surface area contributed by atoms with E-state index in [1.54, 1.807) is 0 Å². The molecule has 0 aromatic heterocycles. The van der Waals surface area contributed by atoms with E-state index < -0.39 is 6.43 Å². The van der Waals surface area contributed by atoms with Gasteiger partial charge in [0.05, 0.1) is 6.54 Å². The molecule has 1 fully saturated rings. The van der Waals surface area contributed by atoms with Crippen LogP contribution in [0.3, 0.4) is 0 Å². The zero-order chi connectivity index (χ0) is 12.8. The van der Waals surface area contributed by atoms with Crippen molar-refractivity contribution in [1.82, 2.24) is 10.2 Å². The average molecular weight is 248 g/mol. The van der Waals surface area contributed by atoms with Gasteiger partial charge in [-0.15, -0.1) is 0 Å². The van der Waals surface area contributed by atoms with Crippen molar-refractivity contribution in [3.63, 3.8) is 0 Å². The van der Waals surface area contributed by atoms with E-state index in [-0.39, 0.29) is 12.6 Å². The summed E-state index contributed by atoms with van der Waals surface area (Å²) in [5.41, 5.74) is 0. The molecule has 1 N–H and O–H groups in total. The molecule has 1 saturated heterocycles. The highest BCUT2D eigenvalue weighted by Gasteiger charge is 2.26. The first kappa shape index (κ1) is 14.8. The molecule has 0 aromatic rings. The first-order valence-electron chi connectivity index (χ1n) is 6.75.